The molecule has 0 saturated heterocycles. The first-order valence-corrected chi connectivity index (χ1v) is 6.67. The minimum atomic E-state index is -0.710. The summed E-state index contributed by atoms with van der Waals surface area (Å²) in [5.41, 5.74) is 2.67. The molecule has 1 aromatic carbocycles. The molecule has 0 fully saturated rings. The molecular weight excluding hydrogens is 280 g/mol. The molecular formula is C14H17BrO2. The van der Waals surface area contributed by atoms with E-state index in [2.05, 4.69) is 35.8 Å². The van der Waals surface area contributed by atoms with Gasteiger partial charge in [-0.1, -0.05) is 41.9 Å². The lowest BCUT2D eigenvalue weighted by atomic mass is 9.68. The predicted molar refractivity (Wildman–Crippen MR) is 71.2 cm³/mol. The van der Waals surface area contributed by atoms with Crippen LogP contribution in [-0.2, 0) is 11.2 Å². The van der Waals surface area contributed by atoms with Gasteiger partial charge in [-0.2, -0.15) is 0 Å². The second-order valence-electron chi connectivity index (χ2n) is 5.65. The Hall–Kier alpha value is -0.830. The Morgan fingerprint density at radius 3 is 2.88 bits per heavy atom. The summed E-state index contributed by atoms with van der Waals surface area (Å²) in [5, 5.41) is 9.02. The third kappa shape index (κ3) is 2.71. The number of carboxylic acid groups (broad SMARTS) is 1. The molecule has 0 heterocycles. The molecule has 17 heavy (non-hydrogen) atoms. The van der Waals surface area contributed by atoms with Gasteiger partial charge in [0.1, 0.15) is 0 Å². The Kier molecular flexibility index (Phi) is 3.30. The van der Waals surface area contributed by atoms with E-state index in [-0.39, 0.29) is 17.8 Å². The number of carboxylic acids is 1. The van der Waals surface area contributed by atoms with Gasteiger partial charge in [0.2, 0.25) is 0 Å². The van der Waals surface area contributed by atoms with Crippen LogP contribution in [0.15, 0.2) is 22.7 Å². The van der Waals surface area contributed by atoms with E-state index in [9.17, 15) is 4.79 Å². The van der Waals surface area contributed by atoms with Gasteiger partial charge in [0.25, 0.3) is 0 Å². The summed E-state index contributed by atoms with van der Waals surface area (Å²) < 4.78 is 1.11. The molecule has 0 amide bonds. The third-order valence-corrected chi connectivity index (χ3v) is 4.21. The van der Waals surface area contributed by atoms with Gasteiger partial charge in [0.05, 0.1) is 6.42 Å². The fraction of sp³-hybridized carbons (Fsp3) is 0.500. The number of fused-ring (bicyclic) bond motifs is 1. The fourth-order valence-electron chi connectivity index (χ4n) is 2.86. The van der Waals surface area contributed by atoms with Crippen LogP contribution in [0.2, 0.25) is 0 Å². The van der Waals surface area contributed by atoms with E-state index < -0.39 is 5.97 Å². The maximum absolute atomic E-state index is 11.0. The summed E-state index contributed by atoms with van der Waals surface area (Å²) in [7, 11) is 0. The van der Waals surface area contributed by atoms with Gasteiger partial charge in [-0.05, 0) is 41.4 Å². The van der Waals surface area contributed by atoms with Crippen LogP contribution in [-0.4, -0.2) is 11.1 Å². The van der Waals surface area contributed by atoms with Gasteiger partial charge >= 0.3 is 5.97 Å². The SMILES string of the molecule is CC1(C)Cc2c(Br)cccc2C(CC(=O)O)C1. The molecule has 1 atom stereocenters. The number of halogens is 1. The van der Waals surface area contributed by atoms with Crippen molar-refractivity contribution < 1.29 is 9.90 Å². The van der Waals surface area contributed by atoms with Crippen molar-refractivity contribution >= 4 is 21.9 Å². The highest BCUT2D eigenvalue weighted by atomic mass is 79.9. The number of hydrogen-bond donors (Lipinski definition) is 1. The second-order valence-corrected chi connectivity index (χ2v) is 6.50. The molecule has 0 spiro atoms. The fourth-order valence-corrected chi connectivity index (χ4v) is 3.39. The largest absolute Gasteiger partial charge is 0.481 e. The van der Waals surface area contributed by atoms with Crippen molar-refractivity contribution in [2.24, 2.45) is 5.41 Å². The lowest BCUT2D eigenvalue weighted by Crippen LogP contribution is -2.27. The minimum absolute atomic E-state index is 0.142. The Morgan fingerprint density at radius 1 is 1.53 bits per heavy atom. The standard InChI is InChI=1S/C14H17BrO2/c1-14(2)7-9(6-13(16)17)10-4-3-5-12(15)11(10)8-14/h3-5,9H,6-8H2,1-2H3,(H,16,17). The highest BCUT2D eigenvalue weighted by molar-refractivity contribution is 9.10. The van der Waals surface area contributed by atoms with E-state index >= 15 is 0 Å². The maximum Gasteiger partial charge on any atom is 0.303 e. The molecule has 0 aromatic heterocycles. The van der Waals surface area contributed by atoms with Crippen LogP contribution in [0.5, 0.6) is 0 Å². The van der Waals surface area contributed by atoms with Gasteiger partial charge in [-0.3, -0.25) is 4.79 Å². The van der Waals surface area contributed by atoms with E-state index in [0.29, 0.717) is 0 Å². The molecule has 0 aliphatic heterocycles. The highest BCUT2D eigenvalue weighted by Gasteiger charge is 2.33. The first-order chi connectivity index (χ1) is 7.89. The predicted octanol–water partition coefficient (Wildman–Crippen LogP) is 3.98. The maximum atomic E-state index is 11.0. The molecule has 1 aromatic rings. The van der Waals surface area contributed by atoms with E-state index in [1.54, 1.807) is 0 Å². The number of aliphatic carboxylic acids is 1. The van der Waals surface area contributed by atoms with Crippen LogP contribution in [0, 0.1) is 5.41 Å². The lowest BCUT2D eigenvalue weighted by molar-refractivity contribution is -0.137. The third-order valence-electron chi connectivity index (χ3n) is 3.47. The quantitative estimate of drug-likeness (QED) is 0.896. The Bertz CT molecular complexity index is 452. The summed E-state index contributed by atoms with van der Waals surface area (Å²) >= 11 is 3.58. The first kappa shape index (κ1) is 12.6. The molecule has 1 aliphatic carbocycles. The molecule has 92 valence electrons. The molecule has 0 saturated carbocycles. The van der Waals surface area contributed by atoms with Crippen LogP contribution in [0.1, 0.15) is 43.7 Å². The molecule has 2 nitrogen and oxygen atoms in total. The second kappa shape index (κ2) is 4.45. The summed E-state index contributed by atoms with van der Waals surface area (Å²) in [6.07, 6.45) is 2.19. The highest BCUT2D eigenvalue weighted by Crippen LogP contribution is 2.45. The van der Waals surface area contributed by atoms with Gasteiger partial charge in [0.15, 0.2) is 0 Å². The van der Waals surface area contributed by atoms with Crippen molar-refractivity contribution in [2.45, 2.75) is 39.0 Å². The van der Waals surface area contributed by atoms with Crippen LogP contribution in [0.25, 0.3) is 0 Å². The normalized spacial score (nSPS) is 21.9. The summed E-state index contributed by atoms with van der Waals surface area (Å²) in [6, 6.07) is 6.11. The average Bonchev–Trinajstić information content (AvgIpc) is 2.17. The summed E-state index contributed by atoms with van der Waals surface area (Å²) in [6.45, 7) is 4.43. The van der Waals surface area contributed by atoms with Crippen LogP contribution < -0.4 is 0 Å². The number of benzene rings is 1. The molecule has 3 heteroatoms. The number of hydrogen-bond acceptors (Lipinski definition) is 1. The topological polar surface area (TPSA) is 37.3 Å². The summed E-state index contributed by atoms with van der Waals surface area (Å²) in [5.74, 6) is -0.567. The monoisotopic (exact) mass is 296 g/mol. The van der Waals surface area contributed by atoms with Crippen LogP contribution in [0.3, 0.4) is 0 Å². The first-order valence-electron chi connectivity index (χ1n) is 5.88. The van der Waals surface area contributed by atoms with Crippen LogP contribution >= 0.6 is 15.9 Å². The molecule has 1 aliphatic rings. The lowest BCUT2D eigenvalue weighted by Gasteiger charge is -2.37. The minimum Gasteiger partial charge on any atom is -0.481 e. The molecule has 1 unspecified atom stereocenters. The van der Waals surface area contributed by atoms with Crippen molar-refractivity contribution in [3.63, 3.8) is 0 Å². The van der Waals surface area contributed by atoms with Crippen molar-refractivity contribution in [3.8, 4) is 0 Å². The smallest absolute Gasteiger partial charge is 0.303 e. The van der Waals surface area contributed by atoms with E-state index in [1.165, 1.54) is 11.1 Å². The zero-order valence-corrected chi connectivity index (χ0v) is 11.8. The number of carbonyl (C=O) groups is 1. The average molecular weight is 297 g/mol. The van der Waals surface area contributed by atoms with E-state index in [1.807, 2.05) is 12.1 Å². The molecule has 0 radical (unpaired) electrons. The van der Waals surface area contributed by atoms with Gasteiger partial charge in [0, 0.05) is 4.47 Å². The van der Waals surface area contributed by atoms with Crippen molar-refractivity contribution in [1.82, 2.24) is 0 Å². The van der Waals surface area contributed by atoms with Crippen molar-refractivity contribution in [2.75, 3.05) is 0 Å². The Balaban J connectivity index is 2.43. The van der Waals surface area contributed by atoms with Gasteiger partial charge in [-0.25, -0.2) is 0 Å². The number of rotatable bonds is 2. The zero-order chi connectivity index (χ0) is 12.6. The summed E-state index contributed by atoms with van der Waals surface area (Å²) in [4.78, 5) is 11.0. The Morgan fingerprint density at radius 2 is 2.24 bits per heavy atom. The van der Waals surface area contributed by atoms with Crippen molar-refractivity contribution in [1.29, 1.82) is 0 Å². The van der Waals surface area contributed by atoms with E-state index in [4.69, 9.17) is 5.11 Å². The Labute approximate surface area is 110 Å². The van der Waals surface area contributed by atoms with E-state index in [0.717, 1.165) is 17.3 Å². The van der Waals surface area contributed by atoms with Gasteiger partial charge in [-0.15, -0.1) is 0 Å². The molecule has 0 bridgehead atoms. The van der Waals surface area contributed by atoms with Gasteiger partial charge < -0.3 is 5.11 Å². The zero-order valence-electron chi connectivity index (χ0n) is 10.2. The molecule has 2 rings (SSSR count). The van der Waals surface area contributed by atoms with Crippen molar-refractivity contribution in [3.05, 3.63) is 33.8 Å². The van der Waals surface area contributed by atoms with Crippen LogP contribution in [0.4, 0.5) is 0 Å². The molecule has 1 N–H and O–H groups in total.